The molecule has 0 saturated heterocycles. The van der Waals surface area contributed by atoms with E-state index in [2.05, 4.69) is 72.9 Å². The maximum Gasteiger partial charge on any atom is 2.00 e. The summed E-state index contributed by atoms with van der Waals surface area (Å²) in [6.45, 7) is 0. The normalized spacial score (nSPS) is 11.4. The molecule has 9 rings (SSSR count). The Hall–Kier alpha value is -5.59. The zero-order valence-electron chi connectivity index (χ0n) is 24.4. The van der Waals surface area contributed by atoms with Crippen LogP contribution >= 0.6 is 0 Å². The largest absolute Gasteiger partial charge is 2.00 e. The van der Waals surface area contributed by atoms with Crippen molar-refractivity contribution in [3.63, 3.8) is 0 Å². The minimum Gasteiger partial charge on any atom is -0.450 e. The number of imidazole rings is 1. The second-order valence-electron chi connectivity index (χ2n) is 10.8. The van der Waals surface area contributed by atoms with Gasteiger partial charge in [0.1, 0.15) is 16.9 Å². The average Bonchev–Trinajstić information content (AvgIpc) is 3.79. The van der Waals surface area contributed by atoms with E-state index in [0.717, 1.165) is 61.6 Å². The molecule has 8 nitrogen and oxygen atoms in total. The fourth-order valence-corrected chi connectivity index (χ4v) is 6.11. The monoisotopic (exact) mass is 776 g/mol. The van der Waals surface area contributed by atoms with Gasteiger partial charge in [0, 0.05) is 43.5 Å². The van der Waals surface area contributed by atoms with Crippen LogP contribution in [0.4, 0.5) is 17.1 Å². The van der Waals surface area contributed by atoms with Crippen LogP contribution in [0.5, 0.6) is 0 Å². The van der Waals surface area contributed by atoms with E-state index in [1.54, 1.807) is 18.6 Å². The molecule has 0 aliphatic carbocycles. The summed E-state index contributed by atoms with van der Waals surface area (Å²) in [6.07, 6.45) is 9.08. The van der Waals surface area contributed by atoms with E-state index < -0.39 is 0 Å². The SMILES string of the molecule is Cn1ccnc1-c1[c-]c(N(c2[c-]c3c(cc2)c2ccccc2n3-c2ccccn2)c2ccnc3c2oc2cccnc23)ccc1.[Pt+2]. The Morgan fingerprint density at radius 2 is 1.52 bits per heavy atom. The van der Waals surface area contributed by atoms with Gasteiger partial charge in [-0.1, -0.05) is 35.5 Å². The van der Waals surface area contributed by atoms with Gasteiger partial charge in [-0.05, 0) is 47.5 Å². The summed E-state index contributed by atoms with van der Waals surface area (Å²) in [6, 6.07) is 37.8. The van der Waals surface area contributed by atoms with Crippen molar-refractivity contribution in [1.82, 2.24) is 29.1 Å². The van der Waals surface area contributed by atoms with Crippen molar-refractivity contribution >= 4 is 61.1 Å². The molecule has 222 valence electrons. The van der Waals surface area contributed by atoms with E-state index in [1.165, 1.54) is 0 Å². The molecule has 0 fully saturated rings. The summed E-state index contributed by atoms with van der Waals surface area (Å²) >= 11 is 0. The Balaban J connectivity index is 0.00000312. The van der Waals surface area contributed by atoms with Crippen molar-refractivity contribution in [2.24, 2.45) is 7.05 Å². The Morgan fingerprint density at radius 1 is 0.674 bits per heavy atom. The molecule has 9 aromatic rings. The van der Waals surface area contributed by atoms with E-state index >= 15 is 0 Å². The van der Waals surface area contributed by atoms with Gasteiger partial charge in [-0.3, -0.25) is 15.0 Å². The maximum absolute atomic E-state index is 6.43. The quantitative estimate of drug-likeness (QED) is 0.164. The van der Waals surface area contributed by atoms with Crippen molar-refractivity contribution in [3.05, 3.63) is 134 Å². The number of anilines is 3. The maximum atomic E-state index is 6.43. The molecule has 0 amide bonds. The summed E-state index contributed by atoms with van der Waals surface area (Å²) in [5, 5.41) is 2.21. The van der Waals surface area contributed by atoms with Crippen LogP contribution in [0, 0.1) is 12.1 Å². The number of pyridine rings is 3. The van der Waals surface area contributed by atoms with Crippen molar-refractivity contribution in [2.45, 2.75) is 0 Å². The van der Waals surface area contributed by atoms with E-state index in [0.29, 0.717) is 16.7 Å². The predicted octanol–water partition coefficient (Wildman–Crippen LogP) is 8.34. The molecule has 9 heteroatoms. The van der Waals surface area contributed by atoms with Crippen molar-refractivity contribution in [3.8, 4) is 17.2 Å². The van der Waals surface area contributed by atoms with Crippen LogP contribution in [0.1, 0.15) is 0 Å². The predicted molar refractivity (Wildman–Crippen MR) is 176 cm³/mol. The topological polar surface area (TPSA) is 77.8 Å². The third kappa shape index (κ3) is 4.33. The first-order chi connectivity index (χ1) is 22.2. The van der Waals surface area contributed by atoms with Gasteiger partial charge in [0.15, 0.2) is 11.2 Å². The number of aromatic nitrogens is 6. The Labute approximate surface area is 277 Å². The molecule has 0 saturated carbocycles. The Kier molecular flexibility index (Phi) is 6.73. The van der Waals surface area contributed by atoms with Gasteiger partial charge in [0.25, 0.3) is 0 Å². The zero-order chi connectivity index (χ0) is 29.9. The summed E-state index contributed by atoms with van der Waals surface area (Å²) < 4.78 is 10.6. The standard InChI is InChI=1S/C37H23N7O.Pt/c1-42-21-20-41-37(42)24-8-6-9-25(22-24)43(30-16-19-40-35-34-32(45-36(30)35)12-7-18-39-34)26-14-15-28-27-10-2-3-11-29(27)44(31(28)23-26)33-13-4-5-17-38-33;/h2-21H,1H3;/q-2;+2. The average molecular weight is 777 g/mol. The first-order valence-corrected chi connectivity index (χ1v) is 14.5. The van der Waals surface area contributed by atoms with Crippen LogP contribution in [-0.2, 0) is 28.1 Å². The van der Waals surface area contributed by atoms with Crippen molar-refractivity contribution in [2.75, 3.05) is 4.90 Å². The van der Waals surface area contributed by atoms with Gasteiger partial charge in [0.05, 0.1) is 11.5 Å². The third-order valence-electron chi connectivity index (χ3n) is 8.10. The van der Waals surface area contributed by atoms with Gasteiger partial charge in [-0.15, -0.1) is 47.3 Å². The first kappa shape index (κ1) is 27.9. The fraction of sp³-hybridized carbons (Fsp3) is 0.0270. The summed E-state index contributed by atoms with van der Waals surface area (Å²) in [5.41, 5.74) is 7.94. The molecule has 3 aromatic carbocycles. The number of aryl methyl sites for hydroxylation is 1. The molecule has 6 aromatic heterocycles. The molecule has 0 radical (unpaired) electrons. The summed E-state index contributed by atoms with van der Waals surface area (Å²) in [5.74, 6) is 1.64. The van der Waals surface area contributed by atoms with E-state index in [1.807, 2.05) is 78.6 Å². The van der Waals surface area contributed by atoms with Crippen molar-refractivity contribution < 1.29 is 25.5 Å². The van der Waals surface area contributed by atoms with E-state index in [9.17, 15) is 0 Å². The number of para-hydroxylation sites is 1. The molecule has 0 atom stereocenters. The number of fused-ring (bicyclic) bond motifs is 6. The van der Waals surface area contributed by atoms with Crippen LogP contribution < -0.4 is 4.90 Å². The number of hydrogen-bond donors (Lipinski definition) is 0. The molecule has 0 aliphatic rings. The van der Waals surface area contributed by atoms with E-state index in [-0.39, 0.29) is 21.1 Å². The van der Waals surface area contributed by atoms with Gasteiger partial charge in [-0.25, -0.2) is 4.98 Å². The molecule has 46 heavy (non-hydrogen) atoms. The zero-order valence-corrected chi connectivity index (χ0v) is 26.7. The number of furan rings is 1. The number of rotatable bonds is 5. The van der Waals surface area contributed by atoms with Gasteiger partial charge in [-0.2, -0.15) is 6.07 Å². The summed E-state index contributed by atoms with van der Waals surface area (Å²) in [4.78, 5) is 20.6. The van der Waals surface area contributed by atoms with Crippen LogP contribution in [0.25, 0.3) is 61.2 Å². The Bertz CT molecular complexity index is 2530. The third-order valence-corrected chi connectivity index (χ3v) is 8.10. The van der Waals surface area contributed by atoms with Crippen LogP contribution in [0.2, 0.25) is 0 Å². The Morgan fingerprint density at radius 3 is 2.39 bits per heavy atom. The second-order valence-corrected chi connectivity index (χ2v) is 10.8. The molecule has 0 bridgehead atoms. The summed E-state index contributed by atoms with van der Waals surface area (Å²) in [7, 11) is 1.98. The minimum absolute atomic E-state index is 0. The van der Waals surface area contributed by atoms with E-state index in [4.69, 9.17) is 9.40 Å². The van der Waals surface area contributed by atoms with Gasteiger partial charge >= 0.3 is 21.1 Å². The second kappa shape index (κ2) is 11.1. The molecular formula is C37H23N7OPt. The van der Waals surface area contributed by atoms with Crippen LogP contribution in [-0.4, -0.2) is 29.1 Å². The van der Waals surface area contributed by atoms with Crippen LogP contribution in [0.3, 0.4) is 0 Å². The van der Waals surface area contributed by atoms with Crippen LogP contribution in [0.15, 0.2) is 126 Å². The molecule has 0 spiro atoms. The molecule has 0 N–H and O–H groups in total. The van der Waals surface area contributed by atoms with Gasteiger partial charge < -0.3 is 18.5 Å². The number of nitrogens with zero attached hydrogens (tertiary/aromatic N) is 7. The minimum atomic E-state index is 0. The molecule has 0 unspecified atom stereocenters. The molecule has 6 heterocycles. The number of hydrogen-bond acceptors (Lipinski definition) is 6. The number of benzene rings is 3. The van der Waals surface area contributed by atoms with Crippen molar-refractivity contribution in [1.29, 1.82) is 0 Å². The molecular weight excluding hydrogens is 754 g/mol. The smallest absolute Gasteiger partial charge is 0.450 e. The fourth-order valence-electron chi connectivity index (χ4n) is 6.11. The molecule has 0 aliphatic heterocycles. The first-order valence-electron chi connectivity index (χ1n) is 14.5. The van der Waals surface area contributed by atoms with Gasteiger partial charge in [0.2, 0.25) is 0 Å².